The fraction of sp³-hybridized carbons (Fsp3) is 0.529. The molecule has 24 heavy (non-hydrogen) atoms. The van der Waals surface area contributed by atoms with E-state index in [2.05, 4.69) is 0 Å². The summed E-state index contributed by atoms with van der Waals surface area (Å²) in [6, 6.07) is 4.26. The molecule has 5 nitrogen and oxygen atoms in total. The van der Waals surface area contributed by atoms with Crippen LogP contribution in [0.3, 0.4) is 0 Å². The van der Waals surface area contributed by atoms with Crippen LogP contribution in [0.4, 0.5) is 9.18 Å². The molecule has 132 valence electrons. The van der Waals surface area contributed by atoms with E-state index < -0.39 is 11.4 Å². The Bertz CT molecular complexity index is 645. The third-order valence-electron chi connectivity index (χ3n) is 3.70. The molecule has 1 aliphatic rings. The standard InChI is InChI=1S/C17H22FIN2O3/c1-11-10-20(16(23)24-17(2,3)4)7-8-21(11)15(22)13-9-12(19)5-6-14(13)18/h5-6,9,11H,7-8,10H2,1-4H3/t11-/m0/s1. The minimum absolute atomic E-state index is 0.0690. The molecule has 1 aromatic rings. The van der Waals surface area contributed by atoms with E-state index in [9.17, 15) is 14.0 Å². The number of rotatable bonds is 1. The van der Waals surface area contributed by atoms with Gasteiger partial charge < -0.3 is 14.5 Å². The minimum Gasteiger partial charge on any atom is -0.444 e. The van der Waals surface area contributed by atoms with Crippen LogP contribution >= 0.6 is 22.6 Å². The molecule has 1 saturated heterocycles. The normalized spacial score (nSPS) is 18.5. The van der Waals surface area contributed by atoms with Crippen molar-refractivity contribution in [3.63, 3.8) is 0 Å². The molecule has 0 aromatic heterocycles. The molecule has 2 amide bonds. The van der Waals surface area contributed by atoms with E-state index in [1.54, 1.807) is 21.9 Å². The SMILES string of the molecule is C[C@H]1CN(C(=O)OC(C)(C)C)CCN1C(=O)c1cc(I)ccc1F. The second kappa shape index (κ2) is 7.25. The topological polar surface area (TPSA) is 49.9 Å². The number of benzene rings is 1. The molecule has 0 aliphatic carbocycles. The lowest BCUT2D eigenvalue weighted by molar-refractivity contribution is 0.00607. The van der Waals surface area contributed by atoms with Gasteiger partial charge in [0.1, 0.15) is 11.4 Å². The number of piperazine rings is 1. The summed E-state index contributed by atoms with van der Waals surface area (Å²) in [5, 5.41) is 0. The number of carbonyl (C=O) groups excluding carboxylic acids is 2. The van der Waals surface area contributed by atoms with Crippen molar-refractivity contribution < 1.29 is 18.7 Å². The maximum atomic E-state index is 14.0. The number of carbonyl (C=O) groups is 2. The number of amides is 2. The van der Waals surface area contributed by atoms with Gasteiger partial charge in [0.2, 0.25) is 0 Å². The highest BCUT2D eigenvalue weighted by Gasteiger charge is 2.33. The van der Waals surface area contributed by atoms with E-state index in [4.69, 9.17) is 4.74 Å². The van der Waals surface area contributed by atoms with Gasteiger partial charge in [0, 0.05) is 29.2 Å². The number of nitrogens with zero attached hydrogens (tertiary/aromatic N) is 2. The molecule has 0 unspecified atom stereocenters. The smallest absolute Gasteiger partial charge is 0.410 e. The van der Waals surface area contributed by atoms with Crippen molar-refractivity contribution in [3.8, 4) is 0 Å². The first-order chi connectivity index (χ1) is 11.1. The fourth-order valence-electron chi connectivity index (χ4n) is 2.57. The van der Waals surface area contributed by atoms with Gasteiger partial charge in [-0.05, 0) is 68.5 Å². The molecule has 1 fully saturated rings. The third kappa shape index (κ3) is 4.58. The first kappa shape index (κ1) is 19.0. The first-order valence-corrected chi connectivity index (χ1v) is 8.90. The van der Waals surface area contributed by atoms with Gasteiger partial charge in [0.25, 0.3) is 5.91 Å². The van der Waals surface area contributed by atoms with Gasteiger partial charge in [-0.15, -0.1) is 0 Å². The average Bonchev–Trinajstić information content (AvgIpc) is 2.47. The Morgan fingerprint density at radius 3 is 2.54 bits per heavy atom. The van der Waals surface area contributed by atoms with Gasteiger partial charge in [0.05, 0.1) is 5.56 Å². The van der Waals surface area contributed by atoms with Crippen LogP contribution in [0.25, 0.3) is 0 Å². The number of hydrogen-bond donors (Lipinski definition) is 0. The minimum atomic E-state index is -0.558. The molecule has 0 bridgehead atoms. The number of ether oxygens (including phenoxy) is 1. The molecule has 7 heteroatoms. The second-order valence-corrected chi connectivity index (χ2v) is 8.14. The number of hydrogen-bond acceptors (Lipinski definition) is 3. The van der Waals surface area contributed by atoms with E-state index in [1.807, 2.05) is 50.3 Å². The largest absolute Gasteiger partial charge is 0.444 e. The molecule has 0 N–H and O–H groups in total. The van der Waals surface area contributed by atoms with Gasteiger partial charge in [-0.2, -0.15) is 0 Å². The van der Waals surface area contributed by atoms with E-state index in [-0.39, 0.29) is 23.6 Å². The quantitative estimate of drug-likeness (QED) is 0.618. The zero-order chi connectivity index (χ0) is 18.1. The molecular formula is C17H22FIN2O3. The van der Waals surface area contributed by atoms with E-state index >= 15 is 0 Å². The van der Waals surface area contributed by atoms with Gasteiger partial charge in [-0.3, -0.25) is 4.79 Å². The monoisotopic (exact) mass is 448 g/mol. The van der Waals surface area contributed by atoms with Crippen LogP contribution in [0.1, 0.15) is 38.1 Å². The van der Waals surface area contributed by atoms with Gasteiger partial charge in [-0.25, -0.2) is 9.18 Å². The van der Waals surface area contributed by atoms with Crippen molar-refractivity contribution in [2.24, 2.45) is 0 Å². The molecule has 1 aliphatic heterocycles. The molecule has 1 heterocycles. The highest BCUT2D eigenvalue weighted by atomic mass is 127. The molecule has 0 radical (unpaired) electrons. The lowest BCUT2D eigenvalue weighted by Gasteiger charge is -2.40. The molecular weight excluding hydrogens is 426 g/mol. The van der Waals surface area contributed by atoms with E-state index in [0.717, 1.165) is 3.57 Å². The Labute approximate surface area is 155 Å². The van der Waals surface area contributed by atoms with Crippen molar-refractivity contribution in [2.75, 3.05) is 19.6 Å². The Hall–Kier alpha value is -1.38. The highest BCUT2D eigenvalue weighted by molar-refractivity contribution is 14.1. The first-order valence-electron chi connectivity index (χ1n) is 7.82. The summed E-state index contributed by atoms with van der Waals surface area (Å²) in [5.41, 5.74) is -0.489. The summed E-state index contributed by atoms with van der Waals surface area (Å²) in [6.07, 6.45) is -0.387. The Kier molecular flexibility index (Phi) is 5.72. The van der Waals surface area contributed by atoms with Crippen molar-refractivity contribution >= 4 is 34.6 Å². The maximum absolute atomic E-state index is 14.0. The number of halogens is 2. The predicted octanol–water partition coefficient (Wildman–Crippen LogP) is 3.51. The predicted molar refractivity (Wildman–Crippen MR) is 97.4 cm³/mol. The van der Waals surface area contributed by atoms with Crippen molar-refractivity contribution in [2.45, 2.75) is 39.3 Å². The van der Waals surface area contributed by atoms with Crippen molar-refractivity contribution in [3.05, 3.63) is 33.1 Å². The lowest BCUT2D eigenvalue weighted by atomic mass is 10.1. The molecule has 0 spiro atoms. The van der Waals surface area contributed by atoms with E-state index in [1.165, 1.54) is 6.07 Å². The third-order valence-corrected chi connectivity index (χ3v) is 4.37. The lowest BCUT2D eigenvalue weighted by Crippen LogP contribution is -2.56. The van der Waals surface area contributed by atoms with Gasteiger partial charge in [0.15, 0.2) is 0 Å². The Morgan fingerprint density at radius 2 is 1.96 bits per heavy atom. The molecule has 0 saturated carbocycles. The van der Waals surface area contributed by atoms with Gasteiger partial charge >= 0.3 is 6.09 Å². The summed E-state index contributed by atoms with van der Waals surface area (Å²) in [7, 11) is 0. The van der Waals surface area contributed by atoms with Crippen molar-refractivity contribution in [1.82, 2.24) is 9.80 Å². The summed E-state index contributed by atoms with van der Waals surface area (Å²) in [4.78, 5) is 28.0. The summed E-state index contributed by atoms with van der Waals surface area (Å²) in [6.45, 7) is 8.38. The van der Waals surface area contributed by atoms with Gasteiger partial charge in [-0.1, -0.05) is 0 Å². The van der Waals surface area contributed by atoms with Crippen LogP contribution in [0.5, 0.6) is 0 Å². The van der Waals surface area contributed by atoms with Crippen molar-refractivity contribution in [1.29, 1.82) is 0 Å². The zero-order valence-corrected chi connectivity index (χ0v) is 16.5. The molecule has 2 rings (SSSR count). The maximum Gasteiger partial charge on any atom is 0.410 e. The highest BCUT2D eigenvalue weighted by Crippen LogP contribution is 2.20. The Balaban J connectivity index is 2.07. The van der Waals surface area contributed by atoms with Crippen LogP contribution in [-0.4, -0.2) is 53.1 Å². The average molecular weight is 448 g/mol. The second-order valence-electron chi connectivity index (χ2n) is 6.90. The van der Waals surface area contributed by atoms with Crippen LogP contribution in [0.2, 0.25) is 0 Å². The fourth-order valence-corrected chi connectivity index (χ4v) is 3.06. The molecule has 1 aromatic carbocycles. The molecule has 1 atom stereocenters. The summed E-state index contributed by atoms with van der Waals surface area (Å²) >= 11 is 2.05. The van der Waals surface area contributed by atoms with Crippen LogP contribution in [0, 0.1) is 9.39 Å². The van der Waals surface area contributed by atoms with Crippen LogP contribution in [-0.2, 0) is 4.74 Å². The Morgan fingerprint density at radius 1 is 1.29 bits per heavy atom. The van der Waals surface area contributed by atoms with E-state index in [0.29, 0.717) is 19.6 Å². The van der Waals surface area contributed by atoms with Crippen LogP contribution in [0.15, 0.2) is 18.2 Å². The zero-order valence-electron chi connectivity index (χ0n) is 14.3. The van der Waals surface area contributed by atoms with Crippen LogP contribution < -0.4 is 0 Å². The summed E-state index contributed by atoms with van der Waals surface area (Å²) in [5.74, 6) is -0.871. The summed E-state index contributed by atoms with van der Waals surface area (Å²) < 4.78 is 20.1.